The Labute approximate surface area is 105 Å². The van der Waals surface area contributed by atoms with E-state index in [1.165, 1.54) is 0 Å². The van der Waals surface area contributed by atoms with Crippen molar-refractivity contribution < 1.29 is 14.3 Å². The lowest BCUT2D eigenvalue weighted by Gasteiger charge is -2.16. The minimum Gasteiger partial charge on any atom is -0.463 e. The first-order chi connectivity index (χ1) is 7.95. The van der Waals surface area contributed by atoms with Crippen molar-refractivity contribution in [3.63, 3.8) is 0 Å². The molecule has 0 saturated heterocycles. The minimum absolute atomic E-state index is 0.173. The number of rotatable bonds is 9. The van der Waals surface area contributed by atoms with Gasteiger partial charge in [-0.3, -0.25) is 4.79 Å². The first-order valence-corrected chi connectivity index (χ1v) is 6.43. The van der Waals surface area contributed by atoms with E-state index in [-0.39, 0.29) is 18.0 Å². The molecule has 0 fully saturated rings. The van der Waals surface area contributed by atoms with Gasteiger partial charge in [0.05, 0.1) is 12.7 Å². The lowest BCUT2D eigenvalue weighted by atomic mass is 9.94. The molecule has 102 valence electrons. The van der Waals surface area contributed by atoms with Crippen LogP contribution in [0.15, 0.2) is 0 Å². The standard InChI is InChI=1S/C13H27NO3/c1-10(2)7-12(9-14)8-13(15)17-6-5-16-11(3)4/h10-12H,5-9,14H2,1-4H3. The Morgan fingerprint density at radius 3 is 2.29 bits per heavy atom. The minimum atomic E-state index is -0.173. The third-order valence-corrected chi connectivity index (χ3v) is 2.39. The van der Waals surface area contributed by atoms with Gasteiger partial charge >= 0.3 is 5.97 Å². The highest BCUT2D eigenvalue weighted by Gasteiger charge is 2.14. The zero-order valence-corrected chi connectivity index (χ0v) is 11.6. The maximum absolute atomic E-state index is 11.5. The summed E-state index contributed by atoms with van der Waals surface area (Å²) in [4.78, 5) is 11.5. The fourth-order valence-electron chi connectivity index (χ4n) is 1.66. The molecule has 17 heavy (non-hydrogen) atoms. The lowest BCUT2D eigenvalue weighted by Crippen LogP contribution is -2.22. The highest BCUT2D eigenvalue weighted by molar-refractivity contribution is 5.69. The Morgan fingerprint density at radius 2 is 1.82 bits per heavy atom. The average molecular weight is 245 g/mol. The molecule has 0 aromatic rings. The first kappa shape index (κ1) is 16.4. The van der Waals surface area contributed by atoms with Gasteiger partial charge in [-0.15, -0.1) is 0 Å². The van der Waals surface area contributed by atoms with E-state index in [1.54, 1.807) is 0 Å². The van der Waals surface area contributed by atoms with Gasteiger partial charge < -0.3 is 15.2 Å². The van der Waals surface area contributed by atoms with Gasteiger partial charge in [-0.25, -0.2) is 0 Å². The molecule has 0 amide bonds. The molecule has 0 rings (SSSR count). The number of ether oxygens (including phenoxy) is 2. The predicted octanol–water partition coefficient (Wildman–Crippen LogP) is 1.97. The molecule has 2 N–H and O–H groups in total. The van der Waals surface area contributed by atoms with Gasteiger partial charge in [-0.2, -0.15) is 0 Å². The zero-order valence-electron chi connectivity index (χ0n) is 11.6. The molecular weight excluding hydrogens is 218 g/mol. The molecule has 1 atom stereocenters. The van der Waals surface area contributed by atoms with Crippen LogP contribution < -0.4 is 5.73 Å². The summed E-state index contributed by atoms with van der Waals surface area (Å²) in [6, 6.07) is 0. The number of nitrogens with two attached hydrogens (primary N) is 1. The summed E-state index contributed by atoms with van der Waals surface area (Å²) in [5.74, 6) is 0.614. The lowest BCUT2D eigenvalue weighted by molar-refractivity contribution is -0.146. The second-order valence-electron chi connectivity index (χ2n) is 5.08. The fraction of sp³-hybridized carbons (Fsp3) is 0.923. The molecule has 4 nitrogen and oxygen atoms in total. The maximum atomic E-state index is 11.5. The van der Waals surface area contributed by atoms with Crippen LogP contribution >= 0.6 is 0 Å². The second-order valence-corrected chi connectivity index (χ2v) is 5.08. The molecule has 1 unspecified atom stereocenters. The van der Waals surface area contributed by atoms with E-state index in [0.29, 0.717) is 32.1 Å². The number of hydrogen-bond donors (Lipinski definition) is 1. The summed E-state index contributed by atoms with van der Waals surface area (Å²) in [5.41, 5.74) is 5.63. The van der Waals surface area contributed by atoms with Crippen molar-refractivity contribution in [1.29, 1.82) is 0 Å². The van der Waals surface area contributed by atoms with Crippen molar-refractivity contribution in [2.24, 2.45) is 17.6 Å². The summed E-state index contributed by atoms with van der Waals surface area (Å²) < 4.78 is 10.4. The Bertz CT molecular complexity index is 205. The van der Waals surface area contributed by atoms with E-state index in [1.807, 2.05) is 13.8 Å². The summed E-state index contributed by atoms with van der Waals surface area (Å²) in [7, 11) is 0. The Hall–Kier alpha value is -0.610. The largest absolute Gasteiger partial charge is 0.463 e. The van der Waals surface area contributed by atoms with Gasteiger partial charge in [-0.1, -0.05) is 13.8 Å². The van der Waals surface area contributed by atoms with E-state index in [4.69, 9.17) is 15.2 Å². The van der Waals surface area contributed by atoms with E-state index in [2.05, 4.69) is 13.8 Å². The van der Waals surface area contributed by atoms with Crippen molar-refractivity contribution in [3.8, 4) is 0 Å². The molecule has 0 aliphatic heterocycles. The Kier molecular flexibility index (Phi) is 9.09. The monoisotopic (exact) mass is 245 g/mol. The van der Waals surface area contributed by atoms with Gasteiger partial charge in [0.2, 0.25) is 0 Å². The zero-order chi connectivity index (χ0) is 13.3. The van der Waals surface area contributed by atoms with E-state index in [0.717, 1.165) is 6.42 Å². The van der Waals surface area contributed by atoms with E-state index >= 15 is 0 Å². The third-order valence-electron chi connectivity index (χ3n) is 2.39. The average Bonchev–Trinajstić information content (AvgIpc) is 2.22. The quantitative estimate of drug-likeness (QED) is 0.498. The third kappa shape index (κ3) is 10.3. The molecule has 0 saturated carbocycles. The van der Waals surface area contributed by atoms with Crippen LogP contribution in [0, 0.1) is 11.8 Å². The molecule has 0 radical (unpaired) electrons. The van der Waals surface area contributed by atoms with Gasteiger partial charge in [0.15, 0.2) is 0 Å². The number of carbonyl (C=O) groups excluding carboxylic acids is 1. The van der Waals surface area contributed by atoms with Crippen LogP contribution in [0.1, 0.15) is 40.5 Å². The van der Waals surface area contributed by atoms with Crippen molar-refractivity contribution in [3.05, 3.63) is 0 Å². The van der Waals surface area contributed by atoms with Crippen LogP contribution in [0.4, 0.5) is 0 Å². The molecule has 0 aliphatic rings. The smallest absolute Gasteiger partial charge is 0.306 e. The molecule has 0 aromatic heterocycles. The summed E-state index contributed by atoms with van der Waals surface area (Å²) in [6.07, 6.45) is 1.55. The highest BCUT2D eigenvalue weighted by atomic mass is 16.6. The van der Waals surface area contributed by atoms with Crippen LogP contribution in [0.25, 0.3) is 0 Å². The normalized spacial score (nSPS) is 13.1. The number of hydrogen-bond acceptors (Lipinski definition) is 4. The Morgan fingerprint density at radius 1 is 1.18 bits per heavy atom. The highest BCUT2D eigenvalue weighted by Crippen LogP contribution is 2.14. The second kappa shape index (κ2) is 9.42. The van der Waals surface area contributed by atoms with Crippen LogP contribution in [-0.2, 0) is 14.3 Å². The SMILES string of the molecule is CC(C)CC(CN)CC(=O)OCCOC(C)C. The molecule has 0 spiro atoms. The van der Waals surface area contributed by atoms with Crippen molar-refractivity contribution >= 4 is 5.97 Å². The maximum Gasteiger partial charge on any atom is 0.306 e. The van der Waals surface area contributed by atoms with E-state index < -0.39 is 0 Å². The summed E-state index contributed by atoms with van der Waals surface area (Å²) in [6.45, 7) is 9.49. The molecule has 4 heteroatoms. The number of esters is 1. The molecule has 0 aromatic carbocycles. The van der Waals surface area contributed by atoms with Crippen LogP contribution in [0.5, 0.6) is 0 Å². The molecular formula is C13H27NO3. The summed E-state index contributed by atoms with van der Waals surface area (Å²) >= 11 is 0. The van der Waals surface area contributed by atoms with Crippen LogP contribution in [-0.4, -0.2) is 31.8 Å². The van der Waals surface area contributed by atoms with Gasteiger partial charge in [-0.05, 0) is 38.6 Å². The first-order valence-electron chi connectivity index (χ1n) is 6.43. The Balaban J connectivity index is 3.68. The van der Waals surface area contributed by atoms with Crippen LogP contribution in [0.2, 0.25) is 0 Å². The van der Waals surface area contributed by atoms with Crippen molar-refractivity contribution in [1.82, 2.24) is 0 Å². The van der Waals surface area contributed by atoms with Crippen molar-refractivity contribution in [2.45, 2.75) is 46.6 Å². The molecule has 0 aliphatic carbocycles. The van der Waals surface area contributed by atoms with Crippen LogP contribution in [0.3, 0.4) is 0 Å². The van der Waals surface area contributed by atoms with Crippen molar-refractivity contribution in [2.75, 3.05) is 19.8 Å². The van der Waals surface area contributed by atoms with E-state index in [9.17, 15) is 4.79 Å². The van der Waals surface area contributed by atoms with Gasteiger partial charge in [0.25, 0.3) is 0 Å². The molecule has 0 heterocycles. The summed E-state index contributed by atoms with van der Waals surface area (Å²) in [5, 5.41) is 0. The number of carbonyl (C=O) groups is 1. The molecule has 0 bridgehead atoms. The van der Waals surface area contributed by atoms with Gasteiger partial charge in [0.1, 0.15) is 6.61 Å². The predicted molar refractivity (Wildman–Crippen MR) is 68.7 cm³/mol. The fourth-order valence-corrected chi connectivity index (χ4v) is 1.66. The topological polar surface area (TPSA) is 61.6 Å². The van der Waals surface area contributed by atoms with Gasteiger partial charge in [0, 0.05) is 6.42 Å².